The number of nitrogens with zero attached hydrogens (tertiary/aromatic N) is 2. The van der Waals surface area contributed by atoms with Crippen LogP contribution in [-0.4, -0.2) is 33.3 Å². The number of hydrogen-bond acceptors (Lipinski definition) is 3. The molecule has 0 aromatic carbocycles. The van der Waals surface area contributed by atoms with Gasteiger partial charge in [0.05, 0.1) is 11.8 Å². The zero-order valence-electron chi connectivity index (χ0n) is 10.8. The molecule has 1 aliphatic carbocycles. The molecule has 2 atom stereocenters. The Bertz CT molecular complexity index is 430. The maximum atomic E-state index is 11.9. The first kappa shape index (κ1) is 13.6. The Morgan fingerprint density at radius 1 is 1.37 bits per heavy atom. The predicted molar refractivity (Wildman–Crippen MR) is 68.3 cm³/mol. The number of carboxylic acid groups (broad SMARTS) is 1. The van der Waals surface area contributed by atoms with Crippen LogP contribution in [0.5, 0.6) is 0 Å². The van der Waals surface area contributed by atoms with Gasteiger partial charge in [0.25, 0.3) is 0 Å². The highest BCUT2D eigenvalue weighted by Crippen LogP contribution is 2.31. The summed E-state index contributed by atoms with van der Waals surface area (Å²) >= 11 is 0. The van der Waals surface area contributed by atoms with E-state index in [0.717, 1.165) is 19.4 Å². The van der Waals surface area contributed by atoms with Crippen molar-refractivity contribution in [1.82, 2.24) is 15.1 Å². The highest BCUT2D eigenvalue weighted by Gasteiger charge is 2.37. The van der Waals surface area contributed by atoms with Gasteiger partial charge in [0.15, 0.2) is 0 Å². The fourth-order valence-electron chi connectivity index (χ4n) is 2.59. The minimum absolute atomic E-state index is 0.120. The molecule has 1 saturated carbocycles. The normalized spacial score (nSPS) is 22.3. The Kier molecular flexibility index (Phi) is 4.54. The number of rotatable bonds is 6. The first-order chi connectivity index (χ1) is 9.18. The fraction of sp³-hybridized carbons (Fsp3) is 0.615. The molecule has 0 unspecified atom stereocenters. The average Bonchev–Trinajstić information content (AvgIpc) is 3.04. The van der Waals surface area contributed by atoms with E-state index in [1.807, 2.05) is 16.9 Å². The van der Waals surface area contributed by atoms with E-state index in [-0.39, 0.29) is 11.8 Å². The lowest BCUT2D eigenvalue weighted by Gasteiger charge is -2.15. The van der Waals surface area contributed by atoms with Crippen LogP contribution in [0.2, 0.25) is 0 Å². The third-order valence-corrected chi connectivity index (χ3v) is 3.59. The molecule has 0 aliphatic heterocycles. The molecule has 0 bridgehead atoms. The van der Waals surface area contributed by atoms with Crippen LogP contribution in [0.25, 0.3) is 0 Å². The highest BCUT2D eigenvalue weighted by atomic mass is 16.4. The van der Waals surface area contributed by atoms with Gasteiger partial charge in [-0.3, -0.25) is 14.3 Å². The number of carbonyl (C=O) groups is 2. The second-order valence-electron chi connectivity index (χ2n) is 4.90. The molecule has 1 heterocycles. The van der Waals surface area contributed by atoms with Crippen molar-refractivity contribution in [1.29, 1.82) is 0 Å². The summed E-state index contributed by atoms with van der Waals surface area (Å²) in [6.07, 6.45) is 6.50. The second-order valence-corrected chi connectivity index (χ2v) is 4.90. The van der Waals surface area contributed by atoms with Gasteiger partial charge in [0, 0.05) is 25.5 Å². The van der Waals surface area contributed by atoms with Crippen molar-refractivity contribution < 1.29 is 14.7 Å². The molecule has 0 radical (unpaired) electrons. The van der Waals surface area contributed by atoms with Gasteiger partial charge in [-0.2, -0.15) is 5.10 Å². The summed E-state index contributed by atoms with van der Waals surface area (Å²) in [5.74, 6) is -1.84. The predicted octanol–water partition coefficient (Wildman–Crippen LogP) is 0.890. The highest BCUT2D eigenvalue weighted by molar-refractivity contribution is 5.85. The molecule has 104 valence electrons. The van der Waals surface area contributed by atoms with Crippen LogP contribution in [0.15, 0.2) is 18.5 Å². The van der Waals surface area contributed by atoms with E-state index in [9.17, 15) is 9.59 Å². The number of aryl methyl sites for hydroxylation is 1. The first-order valence-electron chi connectivity index (χ1n) is 6.66. The zero-order chi connectivity index (χ0) is 13.7. The van der Waals surface area contributed by atoms with E-state index < -0.39 is 11.9 Å². The lowest BCUT2D eigenvalue weighted by Crippen LogP contribution is -2.36. The van der Waals surface area contributed by atoms with Crippen molar-refractivity contribution in [3.8, 4) is 0 Å². The van der Waals surface area contributed by atoms with Gasteiger partial charge in [-0.25, -0.2) is 0 Å². The smallest absolute Gasteiger partial charge is 0.307 e. The number of carbonyl (C=O) groups excluding carboxylic acids is 1. The van der Waals surface area contributed by atoms with Gasteiger partial charge in [0.1, 0.15) is 0 Å². The molecule has 0 saturated heterocycles. The van der Waals surface area contributed by atoms with Crippen LogP contribution in [0.1, 0.15) is 25.7 Å². The van der Waals surface area contributed by atoms with E-state index >= 15 is 0 Å². The third-order valence-electron chi connectivity index (χ3n) is 3.59. The summed E-state index contributed by atoms with van der Waals surface area (Å²) in [7, 11) is 0. The zero-order valence-corrected chi connectivity index (χ0v) is 10.8. The summed E-state index contributed by atoms with van der Waals surface area (Å²) in [5, 5.41) is 15.9. The minimum Gasteiger partial charge on any atom is -0.481 e. The monoisotopic (exact) mass is 265 g/mol. The summed E-state index contributed by atoms with van der Waals surface area (Å²) < 4.78 is 1.81. The molecule has 2 N–H and O–H groups in total. The quantitative estimate of drug-likeness (QED) is 0.748. The standard InChI is InChI=1S/C13H19N3O3/c17-12(10-4-1-5-11(10)13(18)19)14-6-2-8-16-9-3-7-15-16/h3,7,9-11H,1-2,4-6,8H2,(H,14,17)(H,18,19)/t10-,11+/m1/s1. The van der Waals surface area contributed by atoms with Crippen LogP contribution in [0.3, 0.4) is 0 Å². The number of hydrogen-bond donors (Lipinski definition) is 2. The van der Waals surface area contributed by atoms with E-state index in [0.29, 0.717) is 19.4 Å². The molecular formula is C13H19N3O3. The number of carboxylic acids is 1. The SMILES string of the molecule is O=C(O)[C@H]1CCC[C@H]1C(=O)NCCCn1cccn1. The van der Waals surface area contributed by atoms with E-state index in [2.05, 4.69) is 10.4 Å². The lowest BCUT2D eigenvalue weighted by atomic mass is 9.95. The Hall–Kier alpha value is -1.85. The number of aliphatic carboxylic acids is 1. The molecule has 1 amide bonds. The van der Waals surface area contributed by atoms with E-state index in [1.54, 1.807) is 6.20 Å². The average molecular weight is 265 g/mol. The molecule has 1 aromatic heterocycles. The second kappa shape index (κ2) is 6.36. The van der Waals surface area contributed by atoms with Crippen molar-refractivity contribution in [2.75, 3.05) is 6.54 Å². The Labute approximate surface area is 111 Å². The summed E-state index contributed by atoms with van der Waals surface area (Å²) in [6.45, 7) is 1.31. The Balaban J connectivity index is 1.70. The number of nitrogens with one attached hydrogen (secondary N) is 1. The van der Waals surface area contributed by atoms with Gasteiger partial charge in [-0.15, -0.1) is 0 Å². The van der Waals surface area contributed by atoms with Crippen LogP contribution in [0, 0.1) is 11.8 Å². The summed E-state index contributed by atoms with van der Waals surface area (Å²) in [5.41, 5.74) is 0. The van der Waals surface area contributed by atoms with Crippen LogP contribution >= 0.6 is 0 Å². The van der Waals surface area contributed by atoms with Gasteiger partial charge in [-0.1, -0.05) is 6.42 Å². The Morgan fingerprint density at radius 3 is 2.84 bits per heavy atom. The van der Waals surface area contributed by atoms with E-state index in [4.69, 9.17) is 5.11 Å². The van der Waals surface area contributed by atoms with Crippen LogP contribution in [0.4, 0.5) is 0 Å². The van der Waals surface area contributed by atoms with Crippen molar-refractivity contribution in [2.24, 2.45) is 11.8 Å². The third kappa shape index (κ3) is 3.56. The first-order valence-corrected chi connectivity index (χ1v) is 6.66. The van der Waals surface area contributed by atoms with Gasteiger partial charge in [0.2, 0.25) is 5.91 Å². The molecule has 2 rings (SSSR count). The molecule has 19 heavy (non-hydrogen) atoms. The van der Waals surface area contributed by atoms with Gasteiger partial charge in [-0.05, 0) is 25.3 Å². The topological polar surface area (TPSA) is 84.2 Å². The van der Waals surface area contributed by atoms with Crippen LogP contribution < -0.4 is 5.32 Å². The van der Waals surface area contributed by atoms with Crippen molar-refractivity contribution in [3.63, 3.8) is 0 Å². The minimum atomic E-state index is -0.853. The number of amides is 1. The van der Waals surface area contributed by atoms with Crippen molar-refractivity contribution in [3.05, 3.63) is 18.5 Å². The molecule has 1 aromatic rings. The maximum Gasteiger partial charge on any atom is 0.307 e. The molecule has 1 aliphatic rings. The summed E-state index contributed by atoms with van der Waals surface area (Å²) in [4.78, 5) is 22.9. The van der Waals surface area contributed by atoms with Crippen LogP contribution in [-0.2, 0) is 16.1 Å². The molecular weight excluding hydrogens is 246 g/mol. The van der Waals surface area contributed by atoms with Gasteiger partial charge >= 0.3 is 5.97 Å². The fourth-order valence-corrected chi connectivity index (χ4v) is 2.59. The Morgan fingerprint density at radius 2 is 2.16 bits per heavy atom. The summed E-state index contributed by atoms with van der Waals surface area (Å²) in [6, 6.07) is 1.86. The molecule has 6 heteroatoms. The largest absolute Gasteiger partial charge is 0.481 e. The van der Waals surface area contributed by atoms with E-state index in [1.165, 1.54) is 0 Å². The molecule has 0 spiro atoms. The lowest BCUT2D eigenvalue weighted by molar-refractivity contribution is -0.146. The maximum absolute atomic E-state index is 11.9. The van der Waals surface area contributed by atoms with Gasteiger partial charge < -0.3 is 10.4 Å². The number of aromatic nitrogens is 2. The molecule has 6 nitrogen and oxygen atoms in total. The molecule has 1 fully saturated rings. The van der Waals surface area contributed by atoms with Crippen molar-refractivity contribution >= 4 is 11.9 Å². The van der Waals surface area contributed by atoms with Crippen molar-refractivity contribution in [2.45, 2.75) is 32.2 Å².